The van der Waals surface area contributed by atoms with E-state index in [1.54, 1.807) is 36.4 Å². The van der Waals surface area contributed by atoms with Crippen molar-refractivity contribution in [3.05, 3.63) is 96.1 Å². The van der Waals surface area contributed by atoms with Gasteiger partial charge in [0, 0.05) is 12.1 Å². The lowest BCUT2D eigenvalue weighted by Gasteiger charge is -2.11. The molecule has 0 heterocycles. The van der Waals surface area contributed by atoms with Gasteiger partial charge < -0.3 is 15.4 Å². The first kappa shape index (κ1) is 22.7. The molecule has 0 atom stereocenters. The summed E-state index contributed by atoms with van der Waals surface area (Å²) in [6.07, 6.45) is 1.52. The SMILES string of the molecule is O=C(CCC(=O)OCCCc1ccccc1)Nc1ccccc1C(=O)Nc1ccccc1. The summed E-state index contributed by atoms with van der Waals surface area (Å²) in [5.74, 6) is -1.10. The Morgan fingerprint density at radius 2 is 1.38 bits per heavy atom. The van der Waals surface area contributed by atoms with Crippen LogP contribution in [-0.4, -0.2) is 24.4 Å². The molecule has 6 nitrogen and oxygen atoms in total. The van der Waals surface area contributed by atoms with Gasteiger partial charge in [-0.15, -0.1) is 0 Å². The highest BCUT2D eigenvalue weighted by molar-refractivity contribution is 6.10. The van der Waals surface area contributed by atoms with E-state index in [0.717, 1.165) is 12.8 Å². The first-order valence-electron chi connectivity index (χ1n) is 10.6. The van der Waals surface area contributed by atoms with Gasteiger partial charge in [-0.1, -0.05) is 60.7 Å². The van der Waals surface area contributed by atoms with E-state index < -0.39 is 5.97 Å². The Kier molecular flexibility index (Phi) is 8.57. The average Bonchev–Trinajstić information content (AvgIpc) is 2.82. The molecule has 0 aliphatic carbocycles. The average molecular weight is 431 g/mol. The summed E-state index contributed by atoms with van der Waals surface area (Å²) >= 11 is 0. The van der Waals surface area contributed by atoms with Crippen molar-refractivity contribution in [1.82, 2.24) is 0 Å². The molecular formula is C26H26N2O4. The van der Waals surface area contributed by atoms with Crippen molar-refractivity contribution in [2.75, 3.05) is 17.2 Å². The molecule has 0 aliphatic heterocycles. The molecule has 32 heavy (non-hydrogen) atoms. The zero-order valence-electron chi connectivity index (χ0n) is 17.8. The van der Waals surface area contributed by atoms with E-state index >= 15 is 0 Å². The number of rotatable bonds is 10. The maximum Gasteiger partial charge on any atom is 0.306 e. The van der Waals surface area contributed by atoms with Gasteiger partial charge in [-0.05, 0) is 42.7 Å². The van der Waals surface area contributed by atoms with Gasteiger partial charge in [-0.3, -0.25) is 14.4 Å². The van der Waals surface area contributed by atoms with Crippen LogP contribution in [0.5, 0.6) is 0 Å². The lowest BCUT2D eigenvalue weighted by molar-refractivity contribution is -0.144. The molecule has 0 bridgehead atoms. The lowest BCUT2D eigenvalue weighted by atomic mass is 10.1. The predicted octanol–water partition coefficient (Wildman–Crippen LogP) is 4.83. The Labute approximate surface area is 187 Å². The summed E-state index contributed by atoms with van der Waals surface area (Å²) in [5, 5.41) is 5.51. The molecule has 3 rings (SSSR count). The monoisotopic (exact) mass is 430 g/mol. The molecule has 6 heteroatoms. The first-order chi connectivity index (χ1) is 15.6. The highest BCUT2D eigenvalue weighted by Gasteiger charge is 2.14. The van der Waals surface area contributed by atoms with Crippen LogP contribution in [0.3, 0.4) is 0 Å². The summed E-state index contributed by atoms with van der Waals surface area (Å²) < 4.78 is 5.21. The minimum atomic E-state index is -0.414. The molecule has 0 fully saturated rings. The summed E-state index contributed by atoms with van der Waals surface area (Å²) in [5.41, 5.74) is 2.59. The predicted molar refractivity (Wildman–Crippen MR) is 124 cm³/mol. The van der Waals surface area contributed by atoms with Crippen LogP contribution >= 0.6 is 0 Å². The third kappa shape index (κ3) is 7.40. The number of aryl methyl sites for hydroxylation is 1. The van der Waals surface area contributed by atoms with Crippen LogP contribution in [0, 0.1) is 0 Å². The van der Waals surface area contributed by atoms with Gasteiger partial charge in [0.05, 0.1) is 24.3 Å². The summed E-state index contributed by atoms with van der Waals surface area (Å²) in [7, 11) is 0. The van der Waals surface area contributed by atoms with Crippen LogP contribution in [-0.2, 0) is 20.7 Å². The number of anilines is 2. The number of hydrogen-bond acceptors (Lipinski definition) is 4. The van der Waals surface area contributed by atoms with Gasteiger partial charge in [0.15, 0.2) is 0 Å². The molecule has 164 valence electrons. The Bertz CT molecular complexity index is 1040. The molecule has 0 aliphatic rings. The molecule has 0 aromatic heterocycles. The summed E-state index contributed by atoms with van der Waals surface area (Å²) in [4.78, 5) is 36.8. The highest BCUT2D eigenvalue weighted by Crippen LogP contribution is 2.18. The number of ether oxygens (including phenoxy) is 1. The summed E-state index contributed by atoms with van der Waals surface area (Å²) in [6.45, 7) is 0.317. The molecular weight excluding hydrogens is 404 g/mol. The molecule has 0 saturated heterocycles. The van der Waals surface area contributed by atoms with Gasteiger partial charge in [0.2, 0.25) is 5.91 Å². The molecule has 2 amide bonds. The van der Waals surface area contributed by atoms with E-state index in [-0.39, 0.29) is 24.7 Å². The molecule has 2 N–H and O–H groups in total. The first-order valence-corrected chi connectivity index (χ1v) is 10.6. The van der Waals surface area contributed by atoms with Crippen LogP contribution < -0.4 is 10.6 Å². The van der Waals surface area contributed by atoms with Crippen LogP contribution in [0.4, 0.5) is 11.4 Å². The van der Waals surface area contributed by atoms with Crippen molar-refractivity contribution in [3.63, 3.8) is 0 Å². The van der Waals surface area contributed by atoms with Gasteiger partial charge in [0.25, 0.3) is 5.91 Å². The minimum absolute atomic E-state index is 0.0183. The number of amides is 2. The maximum atomic E-state index is 12.6. The molecule has 0 radical (unpaired) electrons. The second kappa shape index (κ2) is 12.1. The van der Waals surface area contributed by atoms with E-state index in [1.807, 2.05) is 48.5 Å². The van der Waals surface area contributed by atoms with Crippen molar-refractivity contribution in [3.8, 4) is 0 Å². The van der Waals surface area contributed by atoms with Crippen molar-refractivity contribution in [2.45, 2.75) is 25.7 Å². The fraction of sp³-hybridized carbons (Fsp3) is 0.192. The van der Waals surface area contributed by atoms with Crippen LogP contribution in [0.25, 0.3) is 0 Å². The Hall–Kier alpha value is -3.93. The van der Waals surface area contributed by atoms with Crippen LogP contribution in [0.2, 0.25) is 0 Å². The van der Waals surface area contributed by atoms with Crippen molar-refractivity contribution in [2.24, 2.45) is 0 Å². The molecule has 0 spiro atoms. The largest absolute Gasteiger partial charge is 0.466 e. The van der Waals surface area contributed by atoms with Crippen molar-refractivity contribution >= 4 is 29.2 Å². The van der Waals surface area contributed by atoms with E-state index in [2.05, 4.69) is 10.6 Å². The minimum Gasteiger partial charge on any atom is -0.466 e. The van der Waals surface area contributed by atoms with E-state index in [4.69, 9.17) is 4.74 Å². The normalized spacial score (nSPS) is 10.2. The van der Waals surface area contributed by atoms with Crippen LogP contribution in [0.1, 0.15) is 35.2 Å². The summed E-state index contributed by atoms with van der Waals surface area (Å²) in [6, 6.07) is 25.8. The van der Waals surface area contributed by atoms with Crippen LogP contribution in [0.15, 0.2) is 84.9 Å². The standard InChI is InChI=1S/C26H26N2O4/c29-24(17-18-25(30)32-19-9-12-20-10-3-1-4-11-20)28-23-16-8-7-15-22(23)26(31)27-21-13-5-2-6-14-21/h1-8,10-11,13-16H,9,12,17-19H2,(H,27,31)(H,28,29). The molecule has 3 aromatic rings. The van der Waals surface area contributed by atoms with E-state index in [0.29, 0.717) is 23.5 Å². The van der Waals surface area contributed by atoms with Gasteiger partial charge in [-0.2, -0.15) is 0 Å². The van der Waals surface area contributed by atoms with Gasteiger partial charge in [0.1, 0.15) is 0 Å². The van der Waals surface area contributed by atoms with E-state index in [9.17, 15) is 14.4 Å². The van der Waals surface area contributed by atoms with E-state index in [1.165, 1.54) is 5.56 Å². The second-order valence-electron chi connectivity index (χ2n) is 7.22. The number of benzene rings is 3. The number of carbonyl (C=O) groups excluding carboxylic acids is 3. The topological polar surface area (TPSA) is 84.5 Å². The van der Waals surface area contributed by atoms with Crippen molar-refractivity contribution in [1.29, 1.82) is 0 Å². The Morgan fingerprint density at radius 1 is 0.719 bits per heavy atom. The lowest BCUT2D eigenvalue weighted by Crippen LogP contribution is -2.19. The molecule has 0 saturated carbocycles. The number of nitrogens with one attached hydrogen (secondary N) is 2. The van der Waals surface area contributed by atoms with Crippen molar-refractivity contribution < 1.29 is 19.1 Å². The zero-order chi connectivity index (χ0) is 22.6. The van der Waals surface area contributed by atoms with Gasteiger partial charge >= 0.3 is 5.97 Å². The number of hydrogen-bond donors (Lipinski definition) is 2. The Morgan fingerprint density at radius 3 is 2.12 bits per heavy atom. The fourth-order valence-electron chi connectivity index (χ4n) is 3.12. The third-order valence-corrected chi connectivity index (χ3v) is 4.75. The smallest absolute Gasteiger partial charge is 0.306 e. The fourth-order valence-corrected chi connectivity index (χ4v) is 3.12. The quantitative estimate of drug-likeness (QED) is 0.356. The Balaban J connectivity index is 1.42. The number of carbonyl (C=O) groups is 3. The third-order valence-electron chi connectivity index (χ3n) is 4.75. The molecule has 0 unspecified atom stereocenters. The number of esters is 1. The maximum absolute atomic E-state index is 12.6. The van der Waals surface area contributed by atoms with Gasteiger partial charge in [-0.25, -0.2) is 0 Å². The number of para-hydroxylation sites is 2. The molecule has 3 aromatic carbocycles. The highest BCUT2D eigenvalue weighted by atomic mass is 16.5. The second-order valence-corrected chi connectivity index (χ2v) is 7.22. The zero-order valence-corrected chi connectivity index (χ0v) is 17.8.